The van der Waals surface area contributed by atoms with Crippen molar-refractivity contribution < 1.29 is 9.52 Å². The molecular formula is C9H13Br2NO2. The average Bonchev–Trinajstić information content (AvgIpc) is 2.48. The van der Waals surface area contributed by atoms with Crippen LogP contribution in [0.25, 0.3) is 0 Å². The topological polar surface area (TPSA) is 45.4 Å². The molecule has 0 radical (unpaired) electrons. The maximum Gasteiger partial charge on any atom is 0.183 e. The number of hydrogen-bond acceptors (Lipinski definition) is 3. The van der Waals surface area contributed by atoms with E-state index < -0.39 is 0 Å². The summed E-state index contributed by atoms with van der Waals surface area (Å²) in [6.45, 7) is 2.81. The van der Waals surface area contributed by atoms with Crippen LogP contribution in [0.1, 0.15) is 19.1 Å². The number of hydrogen-bond donors (Lipinski definition) is 2. The molecule has 0 aliphatic rings. The van der Waals surface area contributed by atoms with E-state index in [1.165, 1.54) is 0 Å². The first kappa shape index (κ1) is 12.2. The van der Waals surface area contributed by atoms with Gasteiger partial charge in [0.25, 0.3) is 0 Å². The minimum absolute atomic E-state index is 0.137. The minimum atomic E-state index is 0.137. The van der Waals surface area contributed by atoms with Crippen LogP contribution in [0.3, 0.4) is 0 Å². The van der Waals surface area contributed by atoms with Gasteiger partial charge in [-0.05, 0) is 44.3 Å². The van der Waals surface area contributed by atoms with Gasteiger partial charge in [0.15, 0.2) is 4.67 Å². The minimum Gasteiger partial charge on any atom is -0.452 e. The lowest BCUT2D eigenvalue weighted by atomic mass is 10.2. The fourth-order valence-electron chi connectivity index (χ4n) is 1.06. The zero-order valence-corrected chi connectivity index (χ0v) is 11.1. The van der Waals surface area contributed by atoms with E-state index in [2.05, 4.69) is 37.2 Å². The second-order valence-corrected chi connectivity index (χ2v) is 4.58. The van der Waals surface area contributed by atoms with E-state index in [1.54, 1.807) is 0 Å². The standard InChI is InChI=1S/C9H13Br2NO2/c1-2-6(5-13)12-4-7-3-8(10)9(11)14-7/h3,6,12-13H,2,4-5H2,1H3. The van der Waals surface area contributed by atoms with Crippen molar-refractivity contribution in [2.24, 2.45) is 0 Å². The number of nitrogens with one attached hydrogen (secondary N) is 1. The molecule has 1 atom stereocenters. The number of furan rings is 1. The molecule has 0 aromatic carbocycles. The number of aliphatic hydroxyl groups is 1. The Morgan fingerprint density at radius 3 is 2.71 bits per heavy atom. The molecule has 1 unspecified atom stereocenters. The van der Waals surface area contributed by atoms with E-state index in [1.807, 2.05) is 13.0 Å². The van der Waals surface area contributed by atoms with Crippen molar-refractivity contribution in [2.45, 2.75) is 25.9 Å². The highest BCUT2D eigenvalue weighted by Gasteiger charge is 2.08. The predicted molar refractivity (Wildman–Crippen MR) is 62.1 cm³/mol. The van der Waals surface area contributed by atoms with Gasteiger partial charge >= 0.3 is 0 Å². The maximum absolute atomic E-state index is 8.95. The second-order valence-electron chi connectivity index (χ2n) is 3.00. The van der Waals surface area contributed by atoms with Crippen LogP contribution in [0.4, 0.5) is 0 Å². The van der Waals surface area contributed by atoms with Crippen molar-refractivity contribution in [2.75, 3.05) is 6.61 Å². The van der Waals surface area contributed by atoms with Gasteiger partial charge in [-0.1, -0.05) is 6.92 Å². The van der Waals surface area contributed by atoms with Crippen LogP contribution in [0, 0.1) is 0 Å². The first-order valence-electron chi connectivity index (χ1n) is 4.45. The van der Waals surface area contributed by atoms with Gasteiger partial charge in [0.05, 0.1) is 17.6 Å². The molecule has 0 aliphatic carbocycles. The van der Waals surface area contributed by atoms with Crippen molar-refractivity contribution in [3.8, 4) is 0 Å². The second kappa shape index (κ2) is 5.90. The van der Waals surface area contributed by atoms with Crippen molar-refractivity contribution in [3.63, 3.8) is 0 Å². The molecule has 0 fully saturated rings. The van der Waals surface area contributed by atoms with Crippen LogP contribution in [0.15, 0.2) is 19.6 Å². The lowest BCUT2D eigenvalue weighted by molar-refractivity contribution is 0.235. The van der Waals surface area contributed by atoms with E-state index >= 15 is 0 Å². The Bertz CT molecular complexity index is 265. The molecule has 1 heterocycles. The summed E-state index contributed by atoms with van der Waals surface area (Å²) in [5, 5.41) is 12.1. The first-order valence-corrected chi connectivity index (χ1v) is 6.04. The molecule has 3 nitrogen and oxygen atoms in total. The molecule has 0 amide bonds. The summed E-state index contributed by atoms with van der Waals surface area (Å²) in [6.07, 6.45) is 0.902. The molecule has 1 rings (SSSR count). The van der Waals surface area contributed by atoms with Crippen molar-refractivity contribution in [1.82, 2.24) is 5.32 Å². The Kier molecular flexibility index (Phi) is 5.15. The van der Waals surface area contributed by atoms with Gasteiger partial charge in [-0.2, -0.15) is 0 Å². The summed E-state index contributed by atoms with van der Waals surface area (Å²) in [5.41, 5.74) is 0. The molecular weight excluding hydrogens is 314 g/mol. The molecule has 14 heavy (non-hydrogen) atoms. The summed E-state index contributed by atoms with van der Waals surface area (Å²) in [4.78, 5) is 0. The third kappa shape index (κ3) is 3.38. The van der Waals surface area contributed by atoms with E-state index in [-0.39, 0.29) is 12.6 Å². The van der Waals surface area contributed by atoms with Crippen LogP contribution in [0.5, 0.6) is 0 Å². The van der Waals surface area contributed by atoms with Gasteiger partial charge in [0, 0.05) is 6.04 Å². The predicted octanol–water partition coefficient (Wildman–Crippen LogP) is 2.67. The Morgan fingerprint density at radius 2 is 2.29 bits per heavy atom. The van der Waals surface area contributed by atoms with Gasteiger partial charge in [-0.3, -0.25) is 0 Å². The highest BCUT2D eigenvalue weighted by Crippen LogP contribution is 2.26. The highest BCUT2D eigenvalue weighted by molar-refractivity contribution is 9.13. The SMILES string of the molecule is CCC(CO)NCc1cc(Br)c(Br)o1. The monoisotopic (exact) mass is 325 g/mol. The van der Waals surface area contributed by atoms with Crippen molar-refractivity contribution >= 4 is 31.9 Å². The molecule has 0 saturated heterocycles. The molecule has 1 aromatic rings. The molecule has 0 bridgehead atoms. The van der Waals surface area contributed by atoms with Gasteiger partial charge in [0.1, 0.15) is 5.76 Å². The molecule has 2 N–H and O–H groups in total. The van der Waals surface area contributed by atoms with Crippen LogP contribution in [0.2, 0.25) is 0 Å². The molecule has 0 spiro atoms. The molecule has 5 heteroatoms. The fraction of sp³-hybridized carbons (Fsp3) is 0.556. The number of rotatable bonds is 5. The largest absolute Gasteiger partial charge is 0.452 e. The van der Waals surface area contributed by atoms with Gasteiger partial charge < -0.3 is 14.8 Å². The normalized spacial score (nSPS) is 13.1. The van der Waals surface area contributed by atoms with Gasteiger partial charge in [-0.15, -0.1) is 0 Å². The fourth-order valence-corrected chi connectivity index (χ4v) is 1.72. The van der Waals surface area contributed by atoms with Crippen LogP contribution >= 0.6 is 31.9 Å². The summed E-state index contributed by atoms with van der Waals surface area (Å²) in [7, 11) is 0. The van der Waals surface area contributed by atoms with Crippen LogP contribution in [-0.2, 0) is 6.54 Å². The van der Waals surface area contributed by atoms with Crippen molar-refractivity contribution in [3.05, 3.63) is 21.0 Å². The third-order valence-electron chi connectivity index (χ3n) is 1.97. The maximum atomic E-state index is 8.95. The van der Waals surface area contributed by atoms with E-state index in [9.17, 15) is 0 Å². The zero-order chi connectivity index (χ0) is 10.6. The van der Waals surface area contributed by atoms with Crippen molar-refractivity contribution in [1.29, 1.82) is 0 Å². The Hall–Kier alpha value is 0.160. The molecule has 0 saturated carbocycles. The lowest BCUT2D eigenvalue weighted by Crippen LogP contribution is -2.30. The van der Waals surface area contributed by atoms with E-state index in [0.717, 1.165) is 16.7 Å². The smallest absolute Gasteiger partial charge is 0.183 e. The molecule has 1 aromatic heterocycles. The number of halogens is 2. The van der Waals surface area contributed by atoms with Gasteiger partial charge in [0.2, 0.25) is 0 Å². The van der Waals surface area contributed by atoms with E-state index in [0.29, 0.717) is 11.2 Å². The van der Waals surface area contributed by atoms with Crippen LogP contribution < -0.4 is 5.32 Å². The highest BCUT2D eigenvalue weighted by atomic mass is 79.9. The quantitative estimate of drug-likeness (QED) is 0.874. The third-order valence-corrected chi connectivity index (χ3v) is 3.68. The summed E-state index contributed by atoms with van der Waals surface area (Å²) in [6, 6.07) is 2.04. The summed E-state index contributed by atoms with van der Waals surface area (Å²) < 4.78 is 6.99. The number of aliphatic hydroxyl groups excluding tert-OH is 1. The first-order chi connectivity index (χ1) is 6.67. The zero-order valence-electron chi connectivity index (χ0n) is 7.89. The Morgan fingerprint density at radius 1 is 1.57 bits per heavy atom. The van der Waals surface area contributed by atoms with E-state index in [4.69, 9.17) is 9.52 Å². The Labute approximate surface area is 100 Å². The molecule has 0 aliphatic heterocycles. The Balaban J connectivity index is 2.45. The molecule has 80 valence electrons. The average molecular weight is 327 g/mol. The van der Waals surface area contributed by atoms with Gasteiger partial charge in [-0.25, -0.2) is 0 Å². The summed E-state index contributed by atoms with van der Waals surface area (Å²) >= 11 is 6.61. The van der Waals surface area contributed by atoms with Crippen LogP contribution in [-0.4, -0.2) is 17.8 Å². The lowest BCUT2D eigenvalue weighted by Gasteiger charge is -2.11. The summed E-state index contributed by atoms with van der Waals surface area (Å²) in [5.74, 6) is 0.843.